The van der Waals surface area contributed by atoms with Crippen LogP contribution in [-0.4, -0.2) is 39.8 Å². The van der Waals surface area contributed by atoms with Crippen LogP contribution in [0.2, 0.25) is 0 Å². The van der Waals surface area contributed by atoms with Gasteiger partial charge in [-0.2, -0.15) is 4.98 Å². The molecule has 1 fully saturated rings. The minimum atomic E-state index is 0.314. The molecule has 1 aromatic rings. The van der Waals surface area contributed by atoms with Crippen molar-refractivity contribution in [3.63, 3.8) is 0 Å². The molecule has 1 saturated heterocycles. The van der Waals surface area contributed by atoms with Gasteiger partial charge in [0.15, 0.2) is 5.82 Å². The molecule has 0 saturated carbocycles. The maximum absolute atomic E-state index is 9.04. The zero-order valence-corrected chi connectivity index (χ0v) is 9.72. The van der Waals surface area contributed by atoms with Gasteiger partial charge in [0, 0.05) is 13.0 Å². The molecule has 1 aliphatic heterocycles. The van der Waals surface area contributed by atoms with Gasteiger partial charge in [-0.05, 0) is 31.8 Å². The second kappa shape index (κ2) is 5.41. The summed E-state index contributed by atoms with van der Waals surface area (Å²) in [5.41, 5.74) is 0. The van der Waals surface area contributed by atoms with Crippen molar-refractivity contribution in [3.05, 3.63) is 11.7 Å². The third-order valence-electron chi connectivity index (χ3n) is 3.15. The highest BCUT2D eigenvalue weighted by molar-refractivity contribution is 4.86. The Balaban J connectivity index is 1.82. The van der Waals surface area contributed by atoms with Gasteiger partial charge < -0.3 is 9.63 Å². The van der Waals surface area contributed by atoms with E-state index in [-0.39, 0.29) is 0 Å². The van der Waals surface area contributed by atoms with Crippen LogP contribution in [0.25, 0.3) is 0 Å². The van der Waals surface area contributed by atoms with Crippen molar-refractivity contribution >= 4 is 0 Å². The Labute approximate surface area is 95.4 Å². The zero-order chi connectivity index (χ0) is 11.4. The fraction of sp³-hybridized carbons (Fsp3) is 0.818. The molecule has 0 aromatic carbocycles. The van der Waals surface area contributed by atoms with E-state index in [4.69, 9.17) is 9.63 Å². The Morgan fingerprint density at radius 3 is 2.75 bits per heavy atom. The number of aliphatic hydroxyl groups excluding tert-OH is 1. The molecule has 0 amide bonds. The zero-order valence-electron chi connectivity index (χ0n) is 9.72. The Bertz CT molecular complexity index is 319. The normalized spacial score (nSPS) is 19.1. The standard InChI is InChI=1S/C11H19N3O2/c1-2-10-12-11(16-13-10)7-14-5-3-9(8-15)4-6-14/h9,15H,2-8H2,1H3. The average Bonchev–Trinajstić information content (AvgIpc) is 2.78. The molecule has 16 heavy (non-hydrogen) atoms. The van der Waals surface area contributed by atoms with Crippen LogP contribution in [0.3, 0.4) is 0 Å². The first kappa shape index (κ1) is 11.5. The lowest BCUT2D eigenvalue weighted by Gasteiger charge is -2.29. The summed E-state index contributed by atoms with van der Waals surface area (Å²) in [6.07, 6.45) is 2.94. The molecule has 0 atom stereocenters. The van der Waals surface area contributed by atoms with Gasteiger partial charge in [0.1, 0.15) is 0 Å². The van der Waals surface area contributed by atoms with E-state index in [0.717, 1.165) is 44.7 Å². The largest absolute Gasteiger partial charge is 0.396 e. The lowest BCUT2D eigenvalue weighted by molar-refractivity contribution is 0.119. The topological polar surface area (TPSA) is 62.4 Å². The number of piperidine rings is 1. The van der Waals surface area contributed by atoms with Gasteiger partial charge in [0.2, 0.25) is 5.89 Å². The van der Waals surface area contributed by atoms with Crippen LogP contribution < -0.4 is 0 Å². The summed E-state index contributed by atoms with van der Waals surface area (Å²) < 4.78 is 5.16. The number of aliphatic hydroxyl groups is 1. The molecule has 90 valence electrons. The van der Waals surface area contributed by atoms with E-state index < -0.39 is 0 Å². The summed E-state index contributed by atoms with van der Waals surface area (Å²) in [6, 6.07) is 0. The minimum absolute atomic E-state index is 0.314. The molecule has 5 heteroatoms. The van der Waals surface area contributed by atoms with Crippen molar-refractivity contribution in [1.29, 1.82) is 0 Å². The number of hydrogen-bond donors (Lipinski definition) is 1. The van der Waals surface area contributed by atoms with Gasteiger partial charge in [0.25, 0.3) is 0 Å². The molecule has 1 aromatic heterocycles. The number of aromatic nitrogens is 2. The molecular formula is C11H19N3O2. The molecule has 0 unspecified atom stereocenters. The summed E-state index contributed by atoms with van der Waals surface area (Å²) in [5.74, 6) is 1.96. The van der Waals surface area contributed by atoms with Crippen molar-refractivity contribution in [2.24, 2.45) is 5.92 Å². The van der Waals surface area contributed by atoms with Crippen molar-refractivity contribution in [3.8, 4) is 0 Å². The molecule has 0 bridgehead atoms. The van der Waals surface area contributed by atoms with Crippen LogP contribution in [-0.2, 0) is 13.0 Å². The highest BCUT2D eigenvalue weighted by atomic mass is 16.5. The van der Waals surface area contributed by atoms with Crippen LogP contribution >= 0.6 is 0 Å². The number of aryl methyl sites for hydroxylation is 1. The van der Waals surface area contributed by atoms with Crippen LogP contribution in [0.1, 0.15) is 31.5 Å². The Hall–Kier alpha value is -0.940. The van der Waals surface area contributed by atoms with E-state index >= 15 is 0 Å². The van der Waals surface area contributed by atoms with Crippen LogP contribution in [0, 0.1) is 5.92 Å². The molecular weight excluding hydrogens is 206 g/mol. The highest BCUT2D eigenvalue weighted by Gasteiger charge is 2.20. The van der Waals surface area contributed by atoms with E-state index in [0.29, 0.717) is 18.4 Å². The van der Waals surface area contributed by atoms with E-state index in [1.165, 1.54) is 0 Å². The van der Waals surface area contributed by atoms with Crippen LogP contribution in [0.15, 0.2) is 4.52 Å². The van der Waals surface area contributed by atoms with E-state index in [1.54, 1.807) is 0 Å². The molecule has 5 nitrogen and oxygen atoms in total. The van der Waals surface area contributed by atoms with Crippen molar-refractivity contribution in [2.45, 2.75) is 32.7 Å². The fourth-order valence-corrected chi connectivity index (χ4v) is 2.02. The van der Waals surface area contributed by atoms with Crippen molar-refractivity contribution < 1.29 is 9.63 Å². The summed E-state index contributed by atoms with van der Waals surface area (Å²) in [6.45, 7) is 5.09. The second-order valence-electron chi connectivity index (χ2n) is 4.36. The molecule has 1 aliphatic rings. The quantitative estimate of drug-likeness (QED) is 0.822. The number of likely N-dealkylation sites (tertiary alicyclic amines) is 1. The first-order chi connectivity index (χ1) is 7.81. The highest BCUT2D eigenvalue weighted by Crippen LogP contribution is 2.17. The third-order valence-corrected chi connectivity index (χ3v) is 3.15. The summed E-state index contributed by atoms with van der Waals surface area (Å²) in [7, 11) is 0. The van der Waals surface area contributed by atoms with Gasteiger partial charge in [-0.25, -0.2) is 0 Å². The Morgan fingerprint density at radius 2 is 2.19 bits per heavy atom. The molecule has 2 heterocycles. The second-order valence-corrected chi connectivity index (χ2v) is 4.36. The lowest BCUT2D eigenvalue weighted by atomic mass is 9.98. The predicted octanol–water partition coefficient (Wildman–Crippen LogP) is 0.836. The lowest BCUT2D eigenvalue weighted by Crippen LogP contribution is -2.34. The van der Waals surface area contributed by atoms with E-state index in [1.807, 2.05) is 6.92 Å². The molecule has 0 spiro atoms. The maximum atomic E-state index is 9.04. The SMILES string of the molecule is CCc1noc(CN2CCC(CO)CC2)n1. The summed E-state index contributed by atoms with van der Waals surface area (Å²) in [4.78, 5) is 6.60. The predicted molar refractivity (Wildman–Crippen MR) is 58.8 cm³/mol. The minimum Gasteiger partial charge on any atom is -0.396 e. The molecule has 2 rings (SSSR count). The van der Waals surface area contributed by atoms with E-state index in [9.17, 15) is 0 Å². The monoisotopic (exact) mass is 225 g/mol. The average molecular weight is 225 g/mol. The van der Waals surface area contributed by atoms with Crippen LogP contribution in [0.4, 0.5) is 0 Å². The van der Waals surface area contributed by atoms with Gasteiger partial charge >= 0.3 is 0 Å². The fourth-order valence-electron chi connectivity index (χ4n) is 2.02. The summed E-state index contributed by atoms with van der Waals surface area (Å²) >= 11 is 0. The first-order valence-electron chi connectivity index (χ1n) is 5.96. The van der Waals surface area contributed by atoms with Gasteiger partial charge in [-0.1, -0.05) is 12.1 Å². The molecule has 0 aliphatic carbocycles. The third kappa shape index (κ3) is 2.80. The number of rotatable bonds is 4. The number of hydrogen-bond acceptors (Lipinski definition) is 5. The Kier molecular flexibility index (Phi) is 3.90. The van der Waals surface area contributed by atoms with E-state index in [2.05, 4.69) is 15.0 Å². The van der Waals surface area contributed by atoms with Gasteiger partial charge in [-0.15, -0.1) is 0 Å². The number of nitrogens with zero attached hydrogens (tertiary/aromatic N) is 3. The van der Waals surface area contributed by atoms with Gasteiger partial charge in [-0.3, -0.25) is 4.90 Å². The molecule has 0 radical (unpaired) electrons. The smallest absolute Gasteiger partial charge is 0.240 e. The van der Waals surface area contributed by atoms with Crippen molar-refractivity contribution in [2.75, 3.05) is 19.7 Å². The van der Waals surface area contributed by atoms with Crippen LogP contribution in [0.5, 0.6) is 0 Å². The Morgan fingerprint density at radius 1 is 1.44 bits per heavy atom. The van der Waals surface area contributed by atoms with Gasteiger partial charge in [0.05, 0.1) is 6.54 Å². The van der Waals surface area contributed by atoms with Crippen molar-refractivity contribution in [1.82, 2.24) is 15.0 Å². The summed E-state index contributed by atoms with van der Waals surface area (Å²) in [5, 5.41) is 12.9. The molecule has 1 N–H and O–H groups in total. The first-order valence-corrected chi connectivity index (χ1v) is 5.96. The maximum Gasteiger partial charge on any atom is 0.240 e.